The van der Waals surface area contributed by atoms with Crippen LogP contribution < -0.4 is 26.8 Å². The largest absolute Gasteiger partial charge is 0.481 e. The molecule has 13 heteroatoms. The van der Waals surface area contributed by atoms with Crippen LogP contribution in [0.25, 0.3) is 11.1 Å². The van der Waals surface area contributed by atoms with Gasteiger partial charge in [-0.25, -0.2) is 9.78 Å². The van der Waals surface area contributed by atoms with Gasteiger partial charge in [-0.1, -0.05) is 57.2 Å². The van der Waals surface area contributed by atoms with Crippen molar-refractivity contribution < 1.29 is 23.9 Å². The van der Waals surface area contributed by atoms with Crippen LogP contribution in [-0.4, -0.2) is 48.3 Å². The van der Waals surface area contributed by atoms with Crippen molar-refractivity contribution >= 4 is 54.1 Å². The summed E-state index contributed by atoms with van der Waals surface area (Å²) in [5.41, 5.74) is 13.8. The van der Waals surface area contributed by atoms with Crippen LogP contribution in [-0.2, 0) is 11.3 Å². The third-order valence-electron chi connectivity index (χ3n) is 7.56. The van der Waals surface area contributed by atoms with Crippen LogP contribution in [0.5, 0.6) is 5.88 Å². The molecule has 0 saturated heterocycles. The van der Waals surface area contributed by atoms with Gasteiger partial charge in [0.2, 0.25) is 5.88 Å². The average molecular weight is 710 g/mol. The van der Waals surface area contributed by atoms with Crippen molar-refractivity contribution in [1.29, 1.82) is 5.41 Å². The average Bonchev–Trinajstić information content (AvgIpc) is 3.06. The number of nitrogens with zero attached hydrogens (tertiary/aromatic N) is 1. The van der Waals surface area contributed by atoms with E-state index in [9.17, 15) is 14.4 Å². The first-order chi connectivity index (χ1) is 22.4. The molecule has 4 rings (SSSR count). The van der Waals surface area contributed by atoms with Gasteiger partial charge in [0.1, 0.15) is 18.1 Å². The highest BCUT2D eigenvalue weighted by Gasteiger charge is 2.28. The number of hydrogen-bond donors (Lipinski definition) is 5. The number of amides is 2. The lowest BCUT2D eigenvalue weighted by molar-refractivity contribution is 0.0473. The van der Waals surface area contributed by atoms with Gasteiger partial charge >= 0.3 is 5.97 Å². The number of methoxy groups -OCH3 is 1. The zero-order valence-electron chi connectivity index (χ0n) is 27.7. The van der Waals surface area contributed by atoms with E-state index in [1.807, 2.05) is 51.1 Å². The standard InChI is InChI=1S/C36H40N6O5.2ClH/c1-36(2,3)29(18-19-37)41-33(43)24-12-15-26(28(20-24)35(45)47-21-22-8-6-5-7-9-22)27-16-17-30(46-4)42-31(27)34(44)40-25-13-10-23(11-14-25)32(38)39;;/h5-17,20,29H,18-19,21,37H2,1-4H3,(H3,38,39)(H,40,44)(H,41,43);2*1H/t29-;;/m0../s1. The molecule has 0 unspecified atom stereocenters. The lowest BCUT2D eigenvalue weighted by Crippen LogP contribution is -2.44. The second-order valence-electron chi connectivity index (χ2n) is 12.0. The van der Waals surface area contributed by atoms with Crippen LogP contribution in [0.4, 0.5) is 5.69 Å². The second-order valence-corrected chi connectivity index (χ2v) is 12.0. The number of ether oxygens (including phenoxy) is 2. The summed E-state index contributed by atoms with van der Waals surface area (Å²) in [6.45, 7) is 6.45. The van der Waals surface area contributed by atoms with Gasteiger partial charge in [-0.15, -0.1) is 24.8 Å². The van der Waals surface area contributed by atoms with Crippen LogP contribution in [0.2, 0.25) is 0 Å². The number of rotatable bonds is 12. The normalized spacial score (nSPS) is 11.2. The van der Waals surface area contributed by atoms with Crippen molar-refractivity contribution in [2.45, 2.75) is 39.8 Å². The molecular formula is C36H42Cl2N6O5. The van der Waals surface area contributed by atoms with Crippen molar-refractivity contribution in [3.05, 3.63) is 113 Å². The quantitative estimate of drug-likeness (QED) is 0.0676. The van der Waals surface area contributed by atoms with E-state index in [4.69, 9.17) is 26.4 Å². The summed E-state index contributed by atoms with van der Waals surface area (Å²) in [6.07, 6.45) is 0.576. The third kappa shape index (κ3) is 10.5. The predicted molar refractivity (Wildman–Crippen MR) is 196 cm³/mol. The van der Waals surface area contributed by atoms with Gasteiger partial charge in [-0.2, -0.15) is 0 Å². The van der Waals surface area contributed by atoms with E-state index < -0.39 is 11.9 Å². The highest BCUT2D eigenvalue weighted by molar-refractivity contribution is 6.10. The molecule has 0 bridgehead atoms. The molecule has 2 amide bonds. The smallest absolute Gasteiger partial charge is 0.339 e. The predicted octanol–water partition coefficient (Wildman–Crippen LogP) is 5.99. The minimum absolute atomic E-state index is 0. The highest BCUT2D eigenvalue weighted by Crippen LogP contribution is 2.31. The van der Waals surface area contributed by atoms with Crippen molar-refractivity contribution in [3.8, 4) is 17.0 Å². The zero-order valence-corrected chi connectivity index (χ0v) is 29.4. The Kier molecular flexibility index (Phi) is 14.7. The molecule has 0 aliphatic rings. The Hall–Kier alpha value is -4.97. The number of nitrogens with one attached hydrogen (secondary N) is 3. The van der Waals surface area contributed by atoms with E-state index in [2.05, 4.69) is 15.6 Å². The molecule has 0 saturated carbocycles. The fourth-order valence-electron chi connectivity index (χ4n) is 4.89. The Bertz CT molecular complexity index is 1760. The maximum Gasteiger partial charge on any atom is 0.339 e. The Morgan fingerprint density at radius 3 is 2.10 bits per heavy atom. The first-order valence-corrected chi connectivity index (χ1v) is 15.1. The molecule has 1 heterocycles. The molecule has 7 N–H and O–H groups in total. The summed E-state index contributed by atoms with van der Waals surface area (Å²) in [4.78, 5) is 45.3. The van der Waals surface area contributed by atoms with Crippen LogP contribution in [0, 0.1) is 10.8 Å². The summed E-state index contributed by atoms with van der Waals surface area (Å²) in [5.74, 6) is -1.55. The number of nitrogen functional groups attached to an aromatic ring is 1. The molecule has 260 valence electrons. The number of carbonyl (C=O) groups excluding carboxylic acids is 3. The molecule has 0 radical (unpaired) electrons. The summed E-state index contributed by atoms with van der Waals surface area (Å²) >= 11 is 0. The summed E-state index contributed by atoms with van der Waals surface area (Å²) < 4.78 is 11.0. The van der Waals surface area contributed by atoms with E-state index >= 15 is 0 Å². The monoisotopic (exact) mass is 708 g/mol. The van der Waals surface area contributed by atoms with E-state index in [1.54, 1.807) is 48.5 Å². The van der Waals surface area contributed by atoms with Crippen LogP contribution in [0.15, 0.2) is 84.9 Å². The summed E-state index contributed by atoms with van der Waals surface area (Å²) in [6, 6.07) is 23.3. The molecule has 1 aromatic heterocycles. The first kappa shape index (κ1) is 40.2. The maximum atomic E-state index is 13.7. The number of benzene rings is 3. The van der Waals surface area contributed by atoms with E-state index in [1.165, 1.54) is 13.2 Å². The molecular weight excluding hydrogens is 667 g/mol. The fourth-order valence-corrected chi connectivity index (χ4v) is 4.89. The van der Waals surface area contributed by atoms with Crippen molar-refractivity contribution in [3.63, 3.8) is 0 Å². The van der Waals surface area contributed by atoms with Crippen molar-refractivity contribution in [2.24, 2.45) is 16.9 Å². The van der Waals surface area contributed by atoms with Gasteiger partial charge in [0.25, 0.3) is 11.8 Å². The molecule has 1 atom stereocenters. The second kappa shape index (κ2) is 18.0. The van der Waals surface area contributed by atoms with Gasteiger partial charge in [-0.3, -0.25) is 15.0 Å². The zero-order chi connectivity index (χ0) is 34.1. The Morgan fingerprint density at radius 1 is 0.878 bits per heavy atom. The minimum atomic E-state index is -0.685. The third-order valence-corrected chi connectivity index (χ3v) is 7.56. The van der Waals surface area contributed by atoms with Gasteiger partial charge in [0, 0.05) is 34.5 Å². The summed E-state index contributed by atoms with van der Waals surface area (Å²) in [5, 5.41) is 13.5. The van der Waals surface area contributed by atoms with E-state index in [-0.39, 0.29) is 77.3 Å². The Labute approximate surface area is 298 Å². The number of anilines is 1. The fraction of sp³-hybridized carbons (Fsp3) is 0.250. The van der Waals surface area contributed by atoms with Crippen LogP contribution >= 0.6 is 24.8 Å². The number of nitrogens with two attached hydrogens (primary N) is 2. The first-order valence-electron chi connectivity index (χ1n) is 15.1. The van der Waals surface area contributed by atoms with E-state index in [0.717, 1.165) is 5.56 Å². The topological polar surface area (TPSA) is 183 Å². The number of hydrogen-bond acceptors (Lipinski definition) is 8. The van der Waals surface area contributed by atoms with Gasteiger partial charge in [-0.05, 0) is 72.0 Å². The molecule has 0 aliphatic carbocycles. The lowest BCUT2D eigenvalue weighted by atomic mass is 9.84. The number of halogens is 2. The number of aromatic nitrogens is 1. The van der Waals surface area contributed by atoms with Gasteiger partial charge < -0.3 is 31.6 Å². The molecule has 49 heavy (non-hydrogen) atoms. The molecule has 4 aromatic rings. The van der Waals surface area contributed by atoms with Crippen molar-refractivity contribution in [2.75, 3.05) is 19.0 Å². The van der Waals surface area contributed by atoms with Crippen LogP contribution in [0.1, 0.15) is 69.5 Å². The number of pyridine rings is 1. The van der Waals surface area contributed by atoms with Crippen LogP contribution in [0.3, 0.4) is 0 Å². The number of amidine groups is 1. The molecule has 0 spiro atoms. The highest BCUT2D eigenvalue weighted by atomic mass is 35.5. The van der Waals surface area contributed by atoms with Crippen molar-refractivity contribution in [1.82, 2.24) is 10.3 Å². The summed E-state index contributed by atoms with van der Waals surface area (Å²) in [7, 11) is 1.43. The van der Waals surface area contributed by atoms with E-state index in [0.29, 0.717) is 35.3 Å². The van der Waals surface area contributed by atoms with Gasteiger partial charge in [0.05, 0.1) is 12.7 Å². The molecule has 11 nitrogen and oxygen atoms in total. The Balaban J connectivity index is 0.00000417. The minimum Gasteiger partial charge on any atom is -0.481 e. The number of esters is 1. The van der Waals surface area contributed by atoms with Gasteiger partial charge in [0.15, 0.2) is 0 Å². The Morgan fingerprint density at radius 2 is 1.51 bits per heavy atom. The lowest BCUT2D eigenvalue weighted by Gasteiger charge is -2.31. The molecule has 0 fully saturated rings. The SMILES string of the molecule is COc1ccc(-c2ccc(C(=O)N[C@@H](CCN)C(C)(C)C)cc2C(=O)OCc2ccccc2)c(C(=O)Nc2ccc(C(=N)N)cc2)n1.Cl.Cl. The number of carbonyl (C=O) groups is 3. The molecule has 0 aliphatic heterocycles. The maximum absolute atomic E-state index is 13.7. The molecule has 3 aromatic carbocycles.